The van der Waals surface area contributed by atoms with Crippen LogP contribution in [0.25, 0.3) is 16.7 Å². The second kappa shape index (κ2) is 6.84. The molecule has 0 N–H and O–H groups in total. The summed E-state index contributed by atoms with van der Waals surface area (Å²) in [5, 5.41) is 5.60. The van der Waals surface area contributed by atoms with Crippen LogP contribution in [0.5, 0.6) is 11.6 Å². The summed E-state index contributed by atoms with van der Waals surface area (Å²) in [4.78, 5) is 19.0. The van der Waals surface area contributed by atoms with Crippen molar-refractivity contribution in [3.05, 3.63) is 77.5 Å². The van der Waals surface area contributed by atoms with Crippen molar-refractivity contribution >= 4 is 17.1 Å². The van der Waals surface area contributed by atoms with Crippen molar-refractivity contribution in [2.24, 2.45) is 0 Å². The van der Waals surface area contributed by atoms with Crippen LogP contribution in [0, 0.1) is 6.92 Å². The summed E-state index contributed by atoms with van der Waals surface area (Å²) in [6.07, 6.45) is 0.305. The molecule has 0 saturated heterocycles. The van der Waals surface area contributed by atoms with Crippen molar-refractivity contribution in [3.8, 4) is 17.3 Å². The third kappa shape index (κ3) is 3.01. The maximum Gasteiger partial charge on any atom is 0.417 e. The number of amides is 1. The average molecular weight is 412 g/mol. The fourth-order valence-electron chi connectivity index (χ4n) is 4.32. The highest BCUT2D eigenvalue weighted by molar-refractivity contribution is 5.83. The van der Waals surface area contributed by atoms with Crippen LogP contribution in [-0.4, -0.2) is 38.4 Å². The molecule has 0 saturated carbocycles. The number of ether oxygens (including phenoxy) is 2. The highest BCUT2D eigenvalue weighted by atomic mass is 16.6. The molecule has 2 aliphatic heterocycles. The molecule has 0 radical (unpaired) electrons. The van der Waals surface area contributed by atoms with Crippen LogP contribution in [0.1, 0.15) is 16.8 Å². The second-order valence-electron chi connectivity index (χ2n) is 7.96. The SMILES string of the molecule is Cc1nn(-c2ccccc2)c2nc3c(cc12)CN(C[C@@H]1Cc2ccccc2O1)C(=O)O3. The molecule has 154 valence electrons. The molecule has 2 aliphatic rings. The van der Waals surface area contributed by atoms with Crippen LogP contribution in [0.2, 0.25) is 0 Å². The molecule has 1 amide bonds. The monoisotopic (exact) mass is 412 g/mol. The van der Waals surface area contributed by atoms with Gasteiger partial charge in [-0.15, -0.1) is 0 Å². The maximum absolute atomic E-state index is 12.7. The quantitative estimate of drug-likeness (QED) is 0.508. The van der Waals surface area contributed by atoms with E-state index in [4.69, 9.17) is 9.47 Å². The Balaban J connectivity index is 1.30. The number of rotatable bonds is 3. The molecule has 2 aromatic heterocycles. The van der Waals surface area contributed by atoms with Crippen molar-refractivity contribution in [2.45, 2.75) is 26.0 Å². The van der Waals surface area contributed by atoms with E-state index in [0.29, 0.717) is 24.6 Å². The van der Waals surface area contributed by atoms with Gasteiger partial charge < -0.3 is 9.47 Å². The fraction of sp³-hybridized carbons (Fsp3) is 0.208. The predicted octanol–water partition coefficient (Wildman–Crippen LogP) is 4.05. The molecule has 4 heterocycles. The second-order valence-corrected chi connectivity index (χ2v) is 7.96. The van der Waals surface area contributed by atoms with Gasteiger partial charge in [0, 0.05) is 17.4 Å². The van der Waals surface area contributed by atoms with Crippen molar-refractivity contribution in [1.29, 1.82) is 0 Å². The summed E-state index contributed by atoms with van der Waals surface area (Å²) in [7, 11) is 0. The van der Waals surface area contributed by atoms with Gasteiger partial charge >= 0.3 is 6.09 Å². The molecule has 6 rings (SSSR count). The smallest absolute Gasteiger partial charge is 0.417 e. The van der Waals surface area contributed by atoms with Crippen LogP contribution in [0.4, 0.5) is 4.79 Å². The van der Waals surface area contributed by atoms with Gasteiger partial charge in [-0.2, -0.15) is 10.1 Å². The van der Waals surface area contributed by atoms with Gasteiger partial charge in [-0.25, -0.2) is 9.48 Å². The van der Waals surface area contributed by atoms with Crippen molar-refractivity contribution in [1.82, 2.24) is 19.7 Å². The minimum absolute atomic E-state index is 0.0780. The molecular formula is C24H20N4O3. The minimum Gasteiger partial charge on any atom is -0.488 e. The highest BCUT2D eigenvalue weighted by Gasteiger charge is 2.32. The number of fused-ring (bicyclic) bond motifs is 3. The maximum atomic E-state index is 12.7. The average Bonchev–Trinajstić information content (AvgIpc) is 3.34. The van der Waals surface area contributed by atoms with Gasteiger partial charge in [0.1, 0.15) is 11.9 Å². The van der Waals surface area contributed by atoms with E-state index in [-0.39, 0.29) is 6.10 Å². The van der Waals surface area contributed by atoms with Gasteiger partial charge in [0.05, 0.1) is 24.5 Å². The van der Waals surface area contributed by atoms with Crippen LogP contribution < -0.4 is 9.47 Å². The largest absolute Gasteiger partial charge is 0.488 e. The van der Waals surface area contributed by atoms with Gasteiger partial charge in [-0.05, 0) is 36.8 Å². The first kappa shape index (κ1) is 17.9. The number of aryl methyl sites for hydroxylation is 1. The van der Waals surface area contributed by atoms with Gasteiger partial charge in [-0.3, -0.25) is 4.90 Å². The first-order chi connectivity index (χ1) is 15.2. The molecule has 0 bridgehead atoms. The normalized spacial score (nSPS) is 17.3. The van der Waals surface area contributed by atoms with E-state index in [1.807, 2.05) is 61.5 Å². The third-order valence-electron chi connectivity index (χ3n) is 5.82. The molecule has 4 aromatic rings. The topological polar surface area (TPSA) is 69.5 Å². The first-order valence-electron chi connectivity index (χ1n) is 10.3. The molecule has 0 fully saturated rings. The van der Waals surface area contributed by atoms with Crippen LogP contribution in [0.3, 0.4) is 0 Å². The summed E-state index contributed by atoms with van der Waals surface area (Å²) in [6, 6.07) is 19.8. The van der Waals surface area contributed by atoms with Crippen LogP contribution >= 0.6 is 0 Å². The Morgan fingerprint density at radius 3 is 2.71 bits per heavy atom. The van der Waals surface area contributed by atoms with E-state index < -0.39 is 6.09 Å². The Labute approximate surface area is 178 Å². The summed E-state index contributed by atoms with van der Waals surface area (Å²) < 4.78 is 13.4. The van der Waals surface area contributed by atoms with E-state index in [1.54, 1.807) is 9.58 Å². The number of carbonyl (C=O) groups is 1. The molecule has 0 aliphatic carbocycles. The van der Waals surface area contributed by atoms with E-state index in [9.17, 15) is 4.79 Å². The van der Waals surface area contributed by atoms with Crippen molar-refractivity contribution in [2.75, 3.05) is 6.54 Å². The Bertz CT molecular complexity index is 1290. The van der Waals surface area contributed by atoms with Crippen molar-refractivity contribution in [3.63, 3.8) is 0 Å². The molecule has 7 nitrogen and oxygen atoms in total. The molecular weight excluding hydrogens is 392 g/mol. The number of hydrogen-bond acceptors (Lipinski definition) is 5. The molecule has 1 atom stereocenters. The van der Waals surface area contributed by atoms with Crippen molar-refractivity contribution < 1.29 is 14.3 Å². The number of para-hydroxylation sites is 2. The van der Waals surface area contributed by atoms with E-state index in [0.717, 1.165) is 34.5 Å². The number of hydrogen-bond donors (Lipinski definition) is 0. The summed E-state index contributed by atoms with van der Waals surface area (Å²) in [5.74, 6) is 1.24. The molecule has 0 spiro atoms. The number of pyridine rings is 1. The summed E-state index contributed by atoms with van der Waals surface area (Å²) in [5.41, 5.74) is 4.52. The van der Waals surface area contributed by atoms with E-state index in [1.165, 1.54) is 5.56 Å². The zero-order valence-electron chi connectivity index (χ0n) is 17.0. The highest BCUT2D eigenvalue weighted by Crippen LogP contribution is 2.32. The Kier molecular flexibility index (Phi) is 3.96. The summed E-state index contributed by atoms with van der Waals surface area (Å²) >= 11 is 0. The lowest BCUT2D eigenvalue weighted by atomic mass is 10.1. The zero-order chi connectivity index (χ0) is 20.9. The number of aromatic nitrogens is 3. The van der Waals surface area contributed by atoms with Gasteiger partial charge in [0.15, 0.2) is 5.65 Å². The molecule has 0 unspecified atom stereocenters. The van der Waals surface area contributed by atoms with Gasteiger partial charge in [0.25, 0.3) is 0 Å². The lowest BCUT2D eigenvalue weighted by Gasteiger charge is -2.29. The first-order valence-corrected chi connectivity index (χ1v) is 10.3. The fourth-order valence-corrected chi connectivity index (χ4v) is 4.32. The number of carbonyl (C=O) groups excluding carboxylic acids is 1. The third-order valence-corrected chi connectivity index (χ3v) is 5.82. The Morgan fingerprint density at radius 2 is 1.87 bits per heavy atom. The predicted molar refractivity (Wildman–Crippen MR) is 115 cm³/mol. The standard InChI is InChI=1S/C24H20N4O3/c1-15-20-12-17-13-27(14-19-11-16-7-5-6-10-21(16)30-19)24(29)31-23(17)25-22(20)28(26-15)18-8-3-2-4-9-18/h2-10,12,19H,11,13-14H2,1H3/t19-/m0/s1. The zero-order valence-corrected chi connectivity index (χ0v) is 17.0. The summed E-state index contributed by atoms with van der Waals surface area (Å²) in [6.45, 7) is 2.86. The molecule has 31 heavy (non-hydrogen) atoms. The molecule has 2 aromatic carbocycles. The lowest BCUT2D eigenvalue weighted by molar-refractivity contribution is 0.107. The van der Waals surface area contributed by atoms with Gasteiger partial charge in [-0.1, -0.05) is 36.4 Å². The van der Waals surface area contributed by atoms with Crippen LogP contribution in [0.15, 0.2) is 60.7 Å². The van der Waals surface area contributed by atoms with Crippen LogP contribution in [-0.2, 0) is 13.0 Å². The number of benzene rings is 2. The Hall–Kier alpha value is -3.87. The number of nitrogens with zero attached hydrogens (tertiary/aromatic N) is 4. The van der Waals surface area contributed by atoms with E-state index in [2.05, 4.69) is 16.1 Å². The minimum atomic E-state index is -0.401. The Morgan fingerprint density at radius 1 is 1.06 bits per heavy atom. The van der Waals surface area contributed by atoms with Gasteiger partial charge in [0.2, 0.25) is 5.88 Å². The lowest BCUT2D eigenvalue weighted by Crippen LogP contribution is -2.43. The van der Waals surface area contributed by atoms with E-state index >= 15 is 0 Å². The molecule has 7 heteroatoms.